The minimum Gasteiger partial charge on any atom is -0.379 e. The van der Waals surface area contributed by atoms with E-state index in [1.165, 1.54) is 0 Å². The predicted molar refractivity (Wildman–Crippen MR) is 94.0 cm³/mol. The van der Waals surface area contributed by atoms with Crippen molar-refractivity contribution in [2.24, 2.45) is 0 Å². The molecule has 1 saturated heterocycles. The van der Waals surface area contributed by atoms with Gasteiger partial charge in [-0.25, -0.2) is 0 Å². The molecule has 1 amide bonds. The summed E-state index contributed by atoms with van der Waals surface area (Å²) >= 11 is 0. The number of carbonyl (C=O) groups excluding carboxylic acids is 1. The highest BCUT2D eigenvalue weighted by atomic mass is 16.5. The molecule has 1 N–H and O–H groups in total. The zero-order valence-corrected chi connectivity index (χ0v) is 14.3. The van der Waals surface area contributed by atoms with E-state index in [1.807, 2.05) is 36.2 Å². The molecule has 1 aromatic carbocycles. The Morgan fingerprint density at radius 3 is 2.83 bits per heavy atom. The molecule has 0 aliphatic carbocycles. The lowest BCUT2D eigenvalue weighted by Gasteiger charge is -2.32. The van der Waals surface area contributed by atoms with Gasteiger partial charge in [0.2, 0.25) is 5.91 Å². The standard InChI is InChI=1S/C19H26N2O3/c1-2-23-11-12-24-16-7-9-21(10-8-16)19(22)13-15-14-20-18-6-4-3-5-17(15)18/h3-6,14,16,20H,2,7-13H2,1H3. The molecule has 0 radical (unpaired) electrons. The largest absolute Gasteiger partial charge is 0.379 e. The van der Waals surface area contributed by atoms with Gasteiger partial charge in [-0.15, -0.1) is 0 Å². The molecule has 130 valence electrons. The molecule has 0 saturated carbocycles. The number of hydrogen-bond acceptors (Lipinski definition) is 3. The Kier molecular flexibility index (Phi) is 5.88. The molecule has 1 fully saturated rings. The van der Waals surface area contributed by atoms with Crippen molar-refractivity contribution in [2.45, 2.75) is 32.3 Å². The van der Waals surface area contributed by atoms with Crippen LogP contribution in [0.1, 0.15) is 25.3 Å². The average molecular weight is 330 g/mol. The molecule has 5 nitrogen and oxygen atoms in total. The number of ether oxygens (including phenoxy) is 2. The molecule has 24 heavy (non-hydrogen) atoms. The minimum atomic E-state index is 0.201. The Bertz CT molecular complexity index is 659. The quantitative estimate of drug-likeness (QED) is 0.794. The Labute approximate surface area is 142 Å². The van der Waals surface area contributed by atoms with Gasteiger partial charge in [0.25, 0.3) is 0 Å². The zero-order chi connectivity index (χ0) is 16.8. The topological polar surface area (TPSA) is 54.6 Å². The number of carbonyl (C=O) groups is 1. The molecular formula is C19H26N2O3. The Morgan fingerprint density at radius 2 is 2.04 bits per heavy atom. The number of nitrogens with zero attached hydrogens (tertiary/aromatic N) is 1. The summed E-state index contributed by atoms with van der Waals surface area (Å²) in [7, 11) is 0. The van der Waals surface area contributed by atoms with Crippen molar-refractivity contribution in [1.82, 2.24) is 9.88 Å². The molecule has 0 bridgehead atoms. The SMILES string of the molecule is CCOCCOC1CCN(C(=O)Cc2c[nH]c3ccccc23)CC1. The molecule has 1 aromatic heterocycles. The monoisotopic (exact) mass is 330 g/mol. The fourth-order valence-electron chi connectivity index (χ4n) is 3.24. The Hall–Kier alpha value is -1.85. The summed E-state index contributed by atoms with van der Waals surface area (Å²) < 4.78 is 11.1. The number of piperidine rings is 1. The normalized spacial score (nSPS) is 16.0. The molecule has 1 aliphatic heterocycles. The van der Waals surface area contributed by atoms with Crippen molar-refractivity contribution in [3.63, 3.8) is 0 Å². The first-order valence-corrected chi connectivity index (χ1v) is 8.80. The van der Waals surface area contributed by atoms with Gasteiger partial charge in [0.15, 0.2) is 0 Å². The van der Waals surface area contributed by atoms with E-state index in [1.54, 1.807) is 0 Å². The number of para-hydroxylation sites is 1. The summed E-state index contributed by atoms with van der Waals surface area (Å²) in [5, 5.41) is 1.14. The van der Waals surface area contributed by atoms with Crippen LogP contribution in [0.4, 0.5) is 0 Å². The molecule has 2 heterocycles. The lowest BCUT2D eigenvalue weighted by Crippen LogP contribution is -2.41. The highest BCUT2D eigenvalue weighted by Crippen LogP contribution is 2.20. The van der Waals surface area contributed by atoms with Crippen molar-refractivity contribution in [3.8, 4) is 0 Å². The number of amides is 1. The minimum absolute atomic E-state index is 0.201. The number of rotatable bonds is 7. The maximum absolute atomic E-state index is 12.6. The van der Waals surface area contributed by atoms with Gasteiger partial charge in [0.1, 0.15) is 0 Å². The number of nitrogens with one attached hydrogen (secondary N) is 1. The fraction of sp³-hybridized carbons (Fsp3) is 0.526. The van der Waals surface area contributed by atoms with Crippen LogP contribution in [-0.4, -0.2) is 54.8 Å². The van der Waals surface area contributed by atoms with Crippen LogP contribution in [0.2, 0.25) is 0 Å². The summed E-state index contributed by atoms with van der Waals surface area (Å²) in [4.78, 5) is 17.8. The smallest absolute Gasteiger partial charge is 0.227 e. The first-order valence-electron chi connectivity index (χ1n) is 8.80. The first kappa shape index (κ1) is 17.0. The van der Waals surface area contributed by atoms with Crippen molar-refractivity contribution >= 4 is 16.8 Å². The van der Waals surface area contributed by atoms with E-state index >= 15 is 0 Å². The van der Waals surface area contributed by atoms with E-state index in [9.17, 15) is 4.79 Å². The number of aromatic nitrogens is 1. The Balaban J connectivity index is 1.47. The maximum atomic E-state index is 12.6. The van der Waals surface area contributed by atoms with E-state index in [0.717, 1.165) is 49.0 Å². The molecule has 3 rings (SSSR count). The van der Waals surface area contributed by atoms with E-state index in [2.05, 4.69) is 11.1 Å². The van der Waals surface area contributed by atoms with Gasteiger partial charge in [-0.05, 0) is 31.4 Å². The van der Waals surface area contributed by atoms with Crippen LogP contribution in [0, 0.1) is 0 Å². The zero-order valence-electron chi connectivity index (χ0n) is 14.3. The van der Waals surface area contributed by atoms with E-state index < -0.39 is 0 Å². The van der Waals surface area contributed by atoms with Crippen LogP contribution >= 0.6 is 0 Å². The number of hydrogen-bond donors (Lipinski definition) is 1. The Morgan fingerprint density at radius 1 is 1.25 bits per heavy atom. The van der Waals surface area contributed by atoms with Crippen molar-refractivity contribution in [2.75, 3.05) is 32.9 Å². The number of likely N-dealkylation sites (tertiary alicyclic amines) is 1. The van der Waals surface area contributed by atoms with Gasteiger partial charge in [0, 0.05) is 36.8 Å². The molecule has 2 aromatic rings. The number of benzene rings is 1. The van der Waals surface area contributed by atoms with Gasteiger partial charge < -0.3 is 19.4 Å². The molecule has 1 aliphatic rings. The van der Waals surface area contributed by atoms with Crippen LogP contribution in [0.5, 0.6) is 0 Å². The van der Waals surface area contributed by atoms with Gasteiger partial charge in [-0.2, -0.15) is 0 Å². The number of H-pyrrole nitrogens is 1. The van der Waals surface area contributed by atoms with Gasteiger partial charge in [0.05, 0.1) is 25.7 Å². The second-order valence-corrected chi connectivity index (χ2v) is 6.18. The van der Waals surface area contributed by atoms with Crippen molar-refractivity contribution in [3.05, 3.63) is 36.0 Å². The maximum Gasteiger partial charge on any atom is 0.227 e. The fourth-order valence-corrected chi connectivity index (χ4v) is 3.24. The van der Waals surface area contributed by atoms with E-state index in [4.69, 9.17) is 9.47 Å². The van der Waals surface area contributed by atoms with Gasteiger partial charge in [-0.3, -0.25) is 4.79 Å². The summed E-state index contributed by atoms with van der Waals surface area (Å²) in [6.45, 7) is 5.56. The summed E-state index contributed by atoms with van der Waals surface area (Å²) in [6, 6.07) is 8.11. The van der Waals surface area contributed by atoms with E-state index in [0.29, 0.717) is 19.6 Å². The first-order chi connectivity index (χ1) is 11.8. The van der Waals surface area contributed by atoms with Crippen LogP contribution < -0.4 is 0 Å². The highest BCUT2D eigenvalue weighted by molar-refractivity contribution is 5.88. The second kappa shape index (κ2) is 8.31. The lowest BCUT2D eigenvalue weighted by atomic mass is 10.1. The predicted octanol–water partition coefficient (Wildman–Crippen LogP) is 2.75. The summed E-state index contributed by atoms with van der Waals surface area (Å²) in [5.41, 5.74) is 2.16. The molecule has 0 unspecified atom stereocenters. The van der Waals surface area contributed by atoms with Crippen LogP contribution in [0.3, 0.4) is 0 Å². The van der Waals surface area contributed by atoms with Crippen molar-refractivity contribution in [1.29, 1.82) is 0 Å². The lowest BCUT2D eigenvalue weighted by molar-refractivity contribution is -0.133. The number of aromatic amines is 1. The second-order valence-electron chi connectivity index (χ2n) is 6.18. The van der Waals surface area contributed by atoms with Gasteiger partial charge in [-0.1, -0.05) is 18.2 Å². The van der Waals surface area contributed by atoms with Gasteiger partial charge >= 0.3 is 0 Å². The number of fused-ring (bicyclic) bond motifs is 1. The van der Waals surface area contributed by atoms with Crippen LogP contribution in [0.15, 0.2) is 30.5 Å². The summed E-state index contributed by atoms with van der Waals surface area (Å²) in [6.07, 6.45) is 4.48. The van der Waals surface area contributed by atoms with Crippen LogP contribution in [-0.2, 0) is 20.7 Å². The third-order valence-corrected chi connectivity index (χ3v) is 4.60. The summed E-state index contributed by atoms with van der Waals surface area (Å²) in [5.74, 6) is 0.201. The molecule has 0 atom stereocenters. The van der Waals surface area contributed by atoms with Crippen LogP contribution in [0.25, 0.3) is 10.9 Å². The molecule has 5 heteroatoms. The average Bonchev–Trinajstić information content (AvgIpc) is 3.02. The van der Waals surface area contributed by atoms with Crippen molar-refractivity contribution < 1.29 is 14.3 Å². The highest BCUT2D eigenvalue weighted by Gasteiger charge is 2.23. The third kappa shape index (κ3) is 4.16. The van der Waals surface area contributed by atoms with E-state index in [-0.39, 0.29) is 12.0 Å². The molecule has 0 spiro atoms. The third-order valence-electron chi connectivity index (χ3n) is 4.60. The molecular weight excluding hydrogens is 304 g/mol.